The third-order valence-electron chi connectivity index (χ3n) is 14.5. The van der Waals surface area contributed by atoms with Crippen molar-refractivity contribution in [3.63, 3.8) is 0 Å². The van der Waals surface area contributed by atoms with Crippen molar-refractivity contribution < 1.29 is 53.1 Å². The van der Waals surface area contributed by atoms with Gasteiger partial charge in [-0.2, -0.15) is 0 Å². The maximum Gasteiger partial charge on any atom is 0.255 e. The second kappa shape index (κ2) is 29.7. The number of rotatable bonds is 10. The fourth-order valence-corrected chi connectivity index (χ4v) is 9.93. The number of likely N-dealkylation sites (N-methyl/N-ethyl adjacent to an activating group) is 5. The molecule has 0 bridgehead atoms. The number of nitrogens with zero attached hydrogens (tertiary/aromatic N) is 6. The second-order valence-corrected chi connectivity index (χ2v) is 22.2. The zero-order valence-corrected chi connectivity index (χ0v) is 47.8. The Labute approximate surface area is 460 Å². The Morgan fingerprint density at radius 3 is 1.63 bits per heavy atom. The molecule has 10 amide bonds. The summed E-state index contributed by atoms with van der Waals surface area (Å²) in [5.41, 5.74) is 1.48. The zero-order chi connectivity index (χ0) is 58.1. The van der Waals surface area contributed by atoms with E-state index in [1.54, 1.807) is 12.1 Å². The van der Waals surface area contributed by atoms with Crippen LogP contribution in [0.25, 0.3) is 0 Å². The number of benzene rings is 2. The quantitative estimate of drug-likeness (QED) is 0.212. The second-order valence-electron chi connectivity index (χ2n) is 22.2. The van der Waals surface area contributed by atoms with Crippen molar-refractivity contribution in [1.82, 2.24) is 50.7 Å². The number of hydrogen-bond donors (Lipinski definition) is 5. The summed E-state index contributed by atoms with van der Waals surface area (Å²) < 4.78 is 0. The van der Waals surface area contributed by atoms with E-state index in [-0.39, 0.29) is 50.5 Å². The number of amides is 10. The van der Waals surface area contributed by atoms with Gasteiger partial charge in [-0.3, -0.25) is 47.9 Å². The summed E-state index contributed by atoms with van der Waals surface area (Å²) in [6, 6.07) is 9.33. The third kappa shape index (κ3) is 18.1. The molecular formula is C57H86N10O11. The first-order valence-corrected chi connectivity index (χ1v) is 27.3. The van der Waals surface area contributed by atoms with Crippen LogP contribution < -0.4 is 21.3 Å². The summed E-state index contributed by atoms with van der Waals surface area (Å²) in [6.07, 6.45) is 0.971. The molecule has 2 aromatic carbocycles. The van der Waals surface area contributed by atoms with Crippen LogP contribution in [0.3, 0.4) is 0 Å². The van der Waals surface area contributed by atoms with E-state index in [0.717, 1.165) is 21.8 Å². The first kappa shape index (κ1) is 63.6. The van der Waals surface area contributed by atoms with E-state index >= 15 is 4.79 Å². The third-order valence-corrected chi connectivity index (χ3v) is 14.5. The van der Waals surface area contributed by atoms with Crippen LogP contribution in [-0.4, -0.2) is 203 Å². The van der Waals surface area contributed by atoms with E-state index in [9.17, 15) is 48.3 Å². The molecule has 2 fully saturated rings. The van der Waals surface area contributed by atoms with E-state index in [0.29, 0.717) is 31.5 Å². The van der Waals surface area contributed by atoms with Gasteiger partial charge in [0.25, 0.3) is 11.8 Å². The highest BCUT2D eigenvalue weighted by Gasteiger charge is 2.42. The fourth-order valence-electron chi connectivity index (χ4n) is 9.93. The summed E-state index contributed by atoms with van der Waals surface area (Å²) in [7, 11) is 7.07. The zero-order valence-electron chi connectivity index (χ0n) is 47.8. The van der Waals surface area contributed by atoms with Crippen LogP contribution in [-0.2, 0) is 60.8 Å². The highest BCUT2D eigenvalue weighted by molar-refractivity contribution is 6.08. The van der Waals surface area contributed by atoms with Crippen LogP contribution in [0.1, 0.15) is 98.1 Å². The monoisotopic (exact) mass is 1090 g/mol. The summed E-state index contributed by atoms with van der Waals surface area (Å²) in [5, 5.41) is 21.8. The smallest absolute Gasteiger partial charge is 0.255 e. The molecule has 0 aliphatic carbocycles. The molecule has 21 nitrogen and oxygen atoms in total. The Bertz CT molecular complexity index is 2400. The van der Waals surface area contributed by atoms with E-state index in [4.69, 9.17) is 0 Å². The van der Waals surface area contributed by atoms with Crippen LogP contribution >= 0.6 is 0 Å². The molecule has 0 spiro atoms. The molecule has 430 valence electrons. The molecule has 9 atom stereocenters. The number of hydrogen-bond acceptors (Lipinski definition) is 11. The Morgan fingerprint density at radius 2 is 1.08 bits per heavy atom. The number of carbonyl (C=O) groups is 10. The molecule has 21 heteroatoms. The first-order valence-electron chi connectivity index (χ1n) is 27.3. The summed E-state index contributed by atoms with van der Waals surface area (Å²) in [4.78, 5) is 151. The lowest BCUT2D eigenvalue weighted by atomic mass is 9.96. The lowest BCUT2D eigenvalue weighted by Gasteiger charge is -2.38. The molecule has 78 heavy (non-hydrogen) atoms. The van der Waals surface area contributed by atoms with Crippen LogP contribution in [0, 0.1) is 17.8 Å². The molecule has 2 aliphatic heterocycles. The van der Waals surface area contributed by atoms with E-state index in [1.165, 1.54) is 75.6 Å². The van der Waals surface area contributed by atoms with Crippen molar-refractivity contribution in [1.29, 1.82) is 0 Å². The Morgan fingerprint density at radius 1 is 0.564 bits per heavy atom. The molecule has 2 aliphatic rings. The lowest BCUT2D eigenvalue weighted by Crippen LogP contribution is -2.60. The van der Waals surface area contributed by atoms with Gasteiger partial charge in [0.1, 0.15) is 30.2 Å². The van der Waals surface area contributed by atoms with Crippen molar-refractivity contribution in [3.05, 3.63) is 71.8 Å². The maximum absolute atomic E-state index is 15.2. The maximum atomic E-state index is 15.2. The number of carbonyl (C=O) groups excluding carboxylic acids is 10. The minimum atomic E-state index is -1.76. The number of nitrogens with one attached hydrogen (secondary N) is 4. The number of aliphatic hydroxyl groups is 1. The fraction of sp³-hybridized carbons (Fsp3) is 0.614. The summed E-state index contributed by atoms with van der Waals surface area (Å²) >= 11 is 0. The van der Waals surface area contributed by atoms with Gasteiger partial charge in [-0.1, -0.05) is 95.3 Å². The van der Waals surface area contributed by atoms with Crippen LogP contribution in [0.2, 0.25) is 0 Å². The van der Waals surface area contributed by atoms with Crippen LogP contribution in [0.4, 0.5) is 0 Å². The van der Waals surface area contributed by atoms with Crippen molar-refractivity contribution in [3.8, 4) is 0 Å². The molecule has 0 unspecified atom stereocenters. The Balaban J connectivity index is 1.83. The molecule has 2 saturated heterocycles. The molecule has 2 aromatic rings. The normalized spacial score (nSPS) is 25.8. The van der Waals surface area contributed by atoms with Gasteiger partial charge in [0, 0.05) is 73.8 Å². The Hall–Kier alpha value is -6.90. The van der Waals surface area contributed by atoms with E-state index < -0.39 is 120 Å². The average Bonchev–Trinajstić information content (AvgIpc) is 3.40. The van der Waals surface area contributed by atoms with Gasteiger partial charge in [-0.25, -0.2) is 0 Å². The van der Waals surface area contributed by atoms with E-state index in [1.807, 2.05) is 76.2 Å². The van der Waals surface area contributed by atoms with E-state index in [2.05, 4.69) is 21.3 Å². The van der Waals surface area contributed by atoms with Crippen LogP contribution in [0.15, 0.2) is 60.7 Å². The van der Waals surface area contributed by atoms with Gasteiger partial charge in [0.15, 0.2) is 6.04 Å². The molecule has 2 heterocycles. The molecule has 4 rings (SSSR count). The molecule has 0 radical (unpaired) electrons. The van der Waals surface area contributed by atoms with Crippen molar-refractivity contribution >= 4 is 59.1 Å². The van der Waals surface area contributed by atoms with Gasteiger partial charge in [-0.05, 0) is 75.3 Å². The molecule has 0 saturated carbocycles. The predicted molar refractivity (Wildman–Crippen MR) is 293 cm³/mol. The largest absolute Gasteiger partial charge is 0.391 e. The minimum absolute atomic E-state index is 0.0370. The van der Waals surface area contributed by atoms with Gasteiger partial charge in [0.05, 0.1) is 18.6 Å². The highest BCUT2D eigenvalue weighted by Crippen LogP contribution is 2.22. The van der Waals surface area contributed by atoms with Gasteiger partial charge in [0.2, 0.25) is 47.3 Å². The molecular weight excluding hydrogens is 1000 g/mol. The van der Waals surface area contributed by atoms with Crippen molar-refractivity contribution in [2.24, 2.45) is 17.8 Å². The van der Waals surface area contributed by atoms with Crippen LogP contribution in [0.5, 0.6) is 0 Å². The number of piperidine rings is 1. The first-order chi connectivity index (χ1) is 36.7. The molecule has 5 N–H and O–H groups in total. The standard InChI is InChI=1S/C57H86N10O11/c1-35(2)28-43-51(72)59-42(30-40-22-16-13-17-23-40)32-46(69)60-48(39(7)68)55(76)62(8)33-37(5)50(71)61-49(57(78)67-26-20-15-21-27-67)56(77)63(9)34-47(70)58-38(6)52(73)65(11)44(29-36(3)4)53(74)66(12)45(54(75)64(43)10)31-41-24-18-14-19-25-41/h13-14,16-19,22-25,35-39,42-45,48-49,68H,15,20-21,26-34H2,1-12H3,(H,58,70)(H,59,72)(H,60,69)(H,61,71)/t37-,38+,39-,42+,43+,44+,45+,48+,49+/m1/s1. The highest BCUT2D eigenvalue weighted by atomic mass is 16.3. The van der Waals surface area contributed by atoms with Crippen molar-refractivity contribution in [2.45, 2.75) is 148 Å². The number of aliphatic hydroxyl groups excluding tert-OH is 1. The Kier molecular flexibility index (Phi) is 24.3. The van der Waals surface area contributed by atoms with Gasteiger partial charge < -0.3 is 55.8 Å². The lowest BCUT2D eigenvalue weighted by molar-refractivity contribution is -0.152. The SMILES string of the molecule is CC(C)C[C@H]1C(=O)N(C)[C@@H](Cc2ccccc2)C(=O)N(C)[C@@H](CC(C)C)C(=O)N[C@@H](Cc2ccccc2)CC(=O)N[C@@H]([C@@H](C)O)C(=O)N(C)C[C@@H](C)C(=O)N[C@H](C(=O)N2CCCCC2)C(=O)N(C)CC(=O)N[C@@H](C)C(=O)N1C. The summed E-state index contributed by atoms with van der Waals surface area (Å²) in [6.45, 7) is 11.6. The van der Waals surface area contributed by atoms with Gasteiger partial charge in [-0.15, -0.1) is 0 Å². The number of likely N-dealkylation sites (tertiary alicyclic amines) is 1. The average molecular weight is 1090 g/mol. The minimum Gasteiger partial charge on any atom is -0.391 e. The molecule has 0 aromatic heterocycles. The van der Waals surface area contributed by atoms with Crippen molar-refractivity contribution in [2.75, 3.05) is 61.4 Å². The summed E-state index contributed by atoms with van der Waals surface area (Å²) in [5.74, 6) is -8.26. The van der Waals surface area contributed by atoms with Gasteiger partial charge >= 0.3 is 0 Å². The topological polar surface area (TPSA) is 258 Å². The predicted octanol–water partition coefficient (Wildman–Crippen LogP) is 1.35.